The lowest BCUT2D eigenvalue weighted by molar-refractivity contribution is -0.140. The van der Waals surface area contributed by atoms with Crippen molar-refractivity contribution in [3.8, 4) is 5.69 Å². The standard InChI is InChI=1S/C18H19N5O4/c1-27-16(25)8-5-9-19-15(24)11-22-12-20-17-14(18(22)26)10-21-23(17)13-6-3-2-4-7-13/h2-4,6-7,10,12H,5,8-9,11H2,1H3,(H,19,24). The minimum absolute atomic E-state index is 0.156. The number of fused-ring (bicyclic) bond motifs is 1. The summed E-state index contributed by atoms with van der Waals surface area (Å²) < 4.78 is 7.34. The zero-order chi connectivity index (χ0) is 19.2. The number of aromatic nitrogens is 4. The minimum Gasteiger partial charge on any atom is -0.469 e. The van der Waals surface area contributed by atoms with Crippen LogP contribution >= 0.6 is 0 Å². The normalized spacial score (nSPS) is 10.7. The van der Waals surface area contributed by atoms with E-state index in [-0.39, 0.29) is 30.4 Å². The summed E-state index contributed by atoms with van der Waals surface area (Å²) >= 11 is 0. The van der Waals surface area contributed by atoms with Crippen LogP contribution in [0.4, 0.5) is 0 Å². The average Bonchev–Trinajstić information content (AvgIpc) is 3.13. The van der Waals surface area contributed by atoms with Crippen LogP contribution in [0.3, 0.4) is 0 Å². The van der Waals surface area contributed by atoms with Crippen molar-refractivity contribution in [2.24, 2.45) is 0 Å². The molecule has 0 saturated heterocycles. The minimum atomic E-state index is -0.341. The molecule has 140 valence electrons. The molecule has 0 saturated carbocycles. The van der Waals surface area contributed by atoms with Crippen molar-refractivity contribution < 1.29 is 14.3 Å². The Morgan fingerprint density at radius 3 is 2.74 bits per heavy atom. The van der Waals surface area contributed by atoms with Gasteiger partial charge in [-0.2, -0.15) is 5.10 Å². The number of benzene rings is 1. The molecule has 9 heteroatoms. The lowest BCUT2D eigenvalue weighted by atomic mass is 10.3. The average molecular weight is 369 g/mol. The van der Waals surface area contributed by atoms with Gasteiger partial charge in [0.15, 0.2) is 5.65 Å². The van der Waals surface area contributed by atoms with Gasteiger partial charge in [-0.1, -0.05) is 18.2 Å². The quantitative estimate of drug-likeness (QED) is 0.484. The van der Waals surface area contributed by atoms with Crippen molar-refractivity contribution in [2.45, 2.75) is 19.4 Å². The maximum absolute atomic E-state index is 12.6. The number of esters is 1. The van der Waals surface area contributed by atoms with Crippen LogP contribution in [0.1, 0.15) is 12.8 Å². The van der Waals surface area contributed by atoms with Crippen LogP contribution in [0.15, 0.2) is 47.7 Å². The Morgan fingerprint density at radius 1 is 1.22 bits per heavy atom. The third-order valence-corrected chi connectivity index (χ3v) is 3.98. The van der Waals surface area contributed by atoms with Gasteiger partial charge in [-0.3, -0.25) is 19.0 Å². The van der Waals surface area contributed by atoms with E-state index in [2.05, 4.69) is 20.1 Å². The summed E-state index contributed by atoms with van der Waals surface area (Å²) in [4.78, 5) is 39.9. The first-order valence-corrected chi connectivity index (χ1v) is 8.42. The molecule has 0 spiro atoms. The van der Waals surface area contributed by atoms with Crippen molar-refractivity contribution in [3.63, 3.8) is 0 Å². The summed E-state index contributed by atoms with van der Waals surface area (Å²) in [5, 5.41) is 7.22. The fourth-order valence-corrected chi connectivity index (χ4v) is 2.59. The second-order valence-corrected chi connectivity index (χ2v) is 5.84. The first-order chi connectivity index (χ1) is 13.1. The van der Waals surface area contributed by atoms with E-state index in [1.807, 2.05) is 30.3 Å². The molecule has 0 bridgehead atoms. The van der Waals surface area contributed by atoms with Gasteiger partial charge in [0.25, 0.3) is 5.56 Å². The highest BCUT2D eigenvalue weighted by molar-refractivity contribution is 5.78. The molecule has 0 aliphatic rings. The fraction of sp³-hybridized carbons (Fsp3) is 0.278. The molecule has 0 unspecified atom stereocenters. The molecule has 1 N–H and O–H groups in total. The Labute approximate surface area is 154 Å². The van der Waals surface area contributed by atoms with Crippen molar-refractivity contribution in [3.05, 3.63) is 53.2 Å². The molecule has 0 aliphatic heterocycles. The van der Waals surface area contributed by atoms with Crippen LogP contribution in [-0.4, -0.2) is 44.9 Å². The lowest BCUT2D eigenvalue weighted by Crippen LogP contribution is -2.33. The Morgan fingerprint density at radius 2 is 2.00 bits per heavy atom. The summed E-state index contributed by atoms with van der Waals surface area (Å²) in [6, 6.07) is 9.35. The molecule has 1 aromatic carbocycles. The van der Waals surface area contributed by atoms with Crippen LogP contribution in [0.5, 0.6) is 0 Å². The van der Waals surface area contributed by atoms with Crippen LogP contribution in [0.25, 0.3) is 16.7 Å². The monoisotopic (exact) mass is 369 g/mol. The van der Waals surface area contributed by atoms with Gasteiger partial charge in [-0.15, -0.1) is 0 Å². The predicted octanol–water partition coefficient (Wildman–Crippen LogP) is 0.652. The highest BCUT2D eigenvalue weighted by Gasteiger charge is 2.13. The molecule has 2 heterocycles. The zero-order valence-electron chi connectivity index (χ0n) is 14.8. The van der Waals surface area contributed by atoms with Gasteiger partial charge in [0.05, 0.1) is 19.0 Å². The largest absolute Gasteiger partial charge is 0.469 e. The third kappa shape index (κ3) is 4.20. The second-order valence-electron chi connectivity index (χ2n) is 5.84. The van der Waals surface area contributed by atoms with E-state index in [4.69, 9.17) is 0 Å². The Bertz CT molecular complexity index is 1010. The summed E-state index contributed by atoms with van der Waals surface area (Å²) in [5.74, 6) is -0.663. The van der Waals surface area contributed by atoms with Crippen LogP contribution in [0.2, 0.25) is 0 Å². The smallest absolute Gasteiger partial charge is 0.305 e. The number of ether oxygens (including phenoxy) is 1. The molecule has 27 heavy (non-hydrogen) atoms. The molecule has 0 atom stereocenters. The fourth-order valence-electron chi connectivity index (χ4n) is 2.59. The SMILES string of the molecule is COC(=O)CCCNC(=O)Cn1cnc2c(cnn2-c2ccccc2)c1=O. The van der Waals surface area contributed by atoms with Crippen molar-refractivity contribution in [1.29, 1.82) is 0 Å². The number of hydrogen-bond acceptors (Lipinski definition) is 6. The topological polar surface area (TPSA) is 108 Å². The highest BCUT2D eigenvalue weighted by Crippen LogP contribution is 2.12. The van der Waals surface area contributed by atoms with Gasteiger partial charge >= 0.3 is 5.97 Å². The van der Waals surface area contributed by atoms with E-state index >= 15 is 0 Å². The van der Waals surface area contributed by atoms with E-state index < -0.39 is 0 Å². The van der Waals surface area contributed by atoms with Gasteiger partial charge in [-0.25, -0.2) is 9.67 Å². The van der Waals surface area contributed by atoms with Crippen molar-refractivity contribution in [2.75, 3.05) is 13.7 Å². The third-order valence-electron chi connectivity index (χ3n) is 3.98. The lowest BCUT2D eigenvalue weighted by Gasteiger charge is -2.07. The van der Waals surface area contributed by atoms with E-state index in [1.54, 1.807) is 4.68 Å². The molecule has 3 aromatic rings. The molecule has 1 amide bonds. The van der Waals surface area contributed by atoms with Gasteiger partial charge in [0, 0.05) is 13.0 Å². The van der Waals surface area contributed by atoms with E-state index in [0.717, 1.165) is 5.69 Å². The van der Waals surface area contributed by atoms with Crippen LogP contribution < -0.4 is 10.9 Å². The number of carbonyl (C=O) groups excluding carboxylic acids is 2. The number of carbonyl (C=O) groups is 2. The first-order valence-electron chi connectivity index (χ1n) is 8.42. The molecule has 0 aliphatic carbocycles. The number of rotatable bonds is 7. The van der Waals surface area contributed by atoms with Gasteiger partial charge in [0.1, 0.15) is 18.3 Å². The Hall–Kier alpha value is -3.49. The molecular formula is C18H19N5O4. The van der Waals surface area contributed by atoms with E-state index in [1.165, 1.54) is 24.2 Å². The number of amides is 1. The summed E-state index contributed by atoms with van der Waals surface area (Å²) in [7, 11) is 1.32. The van der Waals surface area contributed by atoms with Gasteiger partial charge in [-0.05, 0) is 18.6 Å². The predicted molar refractivity (Wildman–Crippen MR) is 97.4 cm³/mol. The van der Waals surface area contributed by atoms with E-state index in [0.29, 0.717) is 24.0 Å². The van der Waals surface area contributed by atoms with Gasteiger partial charge < -0.3 is 10.1 Å². The second kappa shape index (κ2) is 8.26. The number of nitrogens with one attached hydrogen (secondary N) is 1. The number of methoxy groups -OCH3 is 1. The molecule has 2 aromatic heterocycles. The number of hydrogen-bond donors (Lipinski definition) is 1. The highest BCUT2D eigenvalue weighted by atomic mass is 16.5. The Balaban J connectivity index is 1.70. The summed E-state index contributed by atoms with van der Waals surface area (Å²) in [6.45, 7) is 0.167. The van der Waals surface area contributed by atoms with E-state index in [9.17, 15) is 14.4 Å². The number of para-hydroxylation sites is 1. The summed E-state index contributed by atoms with van der Waals surface area (Å²) in [6.07, 6.45) is 3.47. The van der Waals surface area contributed by atoms with Crippen molar-refractivity contribution >= 4 is 22.9 Å². The maximum Gasteiger partial charge on any atom is 0.305 e. The van der Waals surface area contributed by atoms with Gasteiger partial charge in [0.2, 0.25) is 5.91 Å². The molecule has 9 nitrogen and oxygen atoms in total. The molecule has 3 rings (SSSR count). The van der Waals surface area contributed by atoms with Crippen molar-refractivity contribution in [1.82, 2.24) is 24.6 Å². The van der Waals surface area contributed by atoms with Crippen LogP contribution in [-0.2, 0) is 20.9 Å². The van der Waals surface area contributed by atoms with Crippen LogP contribution in [0, 0.1) is 0 Å². The molecular weight excluding hydrogens is 350 g/mol. The number of nitrogens with zero attached hydrogens (tertiary/aromatic N) is 4. The maximum atomic E-state index is 12.6. The zero-order valence-corrected chi connectivity index (χ0v) is 14.8. The Kier molecular flexibility index (Phi) is 5.60. The molecule has 0 fully saturated rings. The summed E-state index contributed by atoms with van der Waals surface area (Å²) in [5.41, 5.74) is 0.883. The molecule has 0 radical (unpaired) electrons. The first kappa shape index (κ1) is 18.3.